The van der Waals surface area contributed by atoms with Gasteiger partial charge in [0.25, 0.3) is 15.9 Å². The second-order valence-electron chi connectivity index (χ2n) is 6.82. The number of hydrogen-bond acceptors (Lipinski definition) is 7. The van der Waals surface area contributed by atoms with Crippen molar-refractivity contribution < 1.29 is 27.4 Å². The molecule has 0 saturated heterocycles. The second kappa shape index (κ2) is 11.3. The molecule has 178 valence electrons. The van der Waals surface area contributed by atoms with Crippen LogP contribution in [0.4, 0.5) is 11.4 Å². The van der Waals surface area contributed by atoms with Crippen molar-refractivity contribution in [1.29, 1.82) is 0 Å². The van der Waals surface area contributed by atoms with Gasteiger partial charge in [0.1, 0.15) is 17.2 Å². The second-order valence-corrected chi connectivity index (χ2v) is 8.92. The summed E-state index contributed by atoms with van der Waals surface area (Å²) >= 11 is 5.13. The Morgan fingerprint density at radius 1 is 0.794 bits per heavy atom. The van der Waals surface area contributed by atoms with Crippen molar-refractivity contribution in [3.63, 3.8) is 0 Å². The number of amides is 1. The zero-order valence-corrected chi connectivity index (χ0v) is 20.0. The number of hydrogen-bond donors (Lipinski definition) is 3. The highest BCUT2D eigenvalue weighted by molar-refractivity contribution is 7.92. The Morgan fingerprint density at radius 2 is 1.29 bits per heavy atom. The van der Waals surface area contributed by atoms with Crippen molar-refractivity contribution in [3.05, 3.63) is 72.8 Å². The number of sulfonamides is 1. The van der Waals surface area contributed by atoms with Crippen molar-refractivity contribution in [1.82, 2.24) is 5.32 Å². The largest absolute Gasteiger partial charge is 0.497 e. The van der Waals surface area contributed by atoms with E-state index >= 15 is 0 Å². The Kier molecular flexibility index (Phi) is 8.28. The summed E-state index contributed by atoms with van der Waals surface area (Å²) in [6.45, 7) is -0.234. The van der Waals surface area contributed by atoms with Crippen molar-refractivity contribution in [2.24, 2.45) is 0 Å². The number of anilines is 2. The predicted molar refractivity (Wildman–Crippen MR) is 133 cm³/mol. The summed E-state index contributed by atoms with van der Waals surface area (Å²) in [4.78, 5) is 12.1. The molecule has 3 aromatic carbocycles. The Morgan fingerprint density at radius 3 is 1.85 bits per heavy atom. The Labute approximate surface area is 203 Å². The first-order valence-corrected chi connectivity index (χ1v) is 11.8. The number of nitrogens with one attached hydrogen (secondary N) is 3. The fraction of sp³-hybridized carbons (Fsp3) is 0.130. The fourth-order valence-electron chi connectivity index (χ4n) is 2.74. The van der Waals surface area contributed by atoms with Gasteiger partial charge in [0.15, 0.2) is 11.7 Å². The zero-order chi connectivity index (χ0) is 24.6. The third kappa shape index (κ3) is 7.09. The molecule has 34 heavy (non-hydrogen) atoms. The summed E-state index contributed by atoms with van der Waals surface area (Å²) < 4.78 is 43.2. The van der Waals surface area contributed by atoms with E-state index in [2.05, 4.69) is 15.4 Å². The van der Waals surface area contributed by atoms with Gasteiger partial charge in [-0.05, 0) is 85.0 Å². The van der Waals surface area contributed by atoms with Crippen LogP contribution in [0.3, 0.4) is 0 Å². The molecule has 0 aliphatic heterocycles. The Bertz CT molecular complexity index is 1230. The normalized spacial score (nSPS) is 10.6. The van der Waals surface area contributed by atoms with E-state index in [1.807, 2.05) is 0 Å². The summed E-state index contributed by atoms with van der Waals surface area (Å²) in [5.41, 5.74) is 0.911. The van der Waals surface area contributed by atoms with Crippen LogP contribution in [0.15, 0.2) is 77.7 Å². The molecule has 0 radical (unpaired) electrons. The van der Waals surface area contributed by atoms with Crippen molar-refractivity contribution in [2.45, 2.75) is 4.90 Å². The number of carbonyl (C=O) groups is 1. The summed E-state index contributed by atoms with van der Waals surface area (Å²) in [5.74, 6) is 1.36. The highest BCUT2D eigenvalue weighted by Gasteiger charge is 2.14. The zero-order valence-electron chi connectivity index (χ0n) is 18.4. The van der Waals surface area contributed by atoms with Gasteiger partial charge in [0, 0.05) is 11.4 Å². The van der Waals surface area contributed by atoms with Crippen molar-refractivity contribution in [3.8, 4) is 17.2 Å². The SMILES string of the molecule is COc1ccc(NS(=O)(=O)c2ccc(NC(=S)NC(=O)COc3ccc(OC)cc3)cc2)cc1. The number of ether oxygens (including phenoxy) is 3. The lowest BCUT2D eigenvalue weighted by molar-refractivity contribution is -0.121. The van der Waals surface area contributed by atoms with Gasteiger partial charge in [-0.1, -0.05) is 0 Å². The van der Waals surface area contributed by atoms with Crippen LogP contribution in [-0.4, -0.2) is 40.3 Å². The number of benzene rings is 3. The summed E-state index contributed by atoms with van der Waals surface area (Å²) in [6, 6.07) is 19.2. The Balaban J connectivity index is 1.50. The third-order valence-electron chi connectivity index (χ3n) is 4.45. The van der Waals surface area contributed by atoms with Gasteiger partial charge in [0.2, 0.25) is 0 Å². The third-order valence-corrected chi connectivity index (χ3v) is 6.05. The smallest absolute Gasteiger partial charge is 0.264 e. The lowest BCUT2D eigenvalue weighted by Gasteiger charge is -2.12. The van der Waals surface area contributed by atoms with E-state index in [1.165, 1.54) is 31.4 Å². The van der Waals surface area contributed by atoms with Gasteiger partial charge in [-0.2, -0.15) is 0 Å². The number of methoxy groups -OCH3 is 2. The minimum Gasteiger partial charge on any atom is -0.497 e. The summed E-state index contributed by atoms with van der Waals surface area (Å²) in [6.07, 6.45) is 0. The molecular formula is C23H23N3O6S2. The van der Waals surface area contributed by atoms with Crippen LogP contribution in [0.25, 0.3) is 0 Å². The molecule has 3 aromatic rings. The predicted octanol–water partition coefficient (Wildman–Crippen LogP) is 3.40. The van der Waals surface area contributed by atoms with E-state index in [4.69, 9.17) is 26.4 Å². The molecule has 3 rings (SSSR count). The van der Waals surface area contributed by atoms with Gasteiger partial charge in [0.05, 0.1) is 19.1 Å². The molecule has 0 aromatic heterocycles. The average molecular weight is 502 g/mol. The van der Waals surface area contributed by atoms with E-state index < -0.39 is 15.9 Å². The molecule has 0 spiro atoms. The molecule has 0 fully saturated rings. The topological polar surface area (TPSA) is 115 Å². The van der Waals surface area contributed by atoms with Crippen LogP contribution in [-0.2, 0) is 14.8 Å². The van der Waals surface area contributed by atoms with Crippen molar-refractivity contribution in [2.75, 3.05) is 30.9 Å². The highest BCUT2D eigenvalue weighted by Crippen LogP contribution is 2.21. The summed E-state index contributed by atoms with van der Waals surface area (Å²) in [5, 5.41) is 5.38. The van der Waals surface area contributed by atoms with Gasteiger partial charge < -0.3 is 19.5 Å². The van der Waals surface area contributed by atoms with Gasteiger partial charge in [-0.15, -0.1) is 0 Å². The van der Waals surface area contributed by atoms with E-state index in [1.54, 1.807) is 55.6 Å². The summed E-state index contributed by atoms with van der Waals surface area (Å²) in [7, 11) is -0.692. The molecule has 0 bridgehead atoms. The fourth-order valence-corrected chi connectivity index (χ4v) is 4.03. The van der Waals surface area contributed by atoms with Crippen LogP contribution in [0.5, 0.6) is 17.2 Å². The van der Waals surface area contributed by atoms with Crippen LogP contribution in [0.2, 0.25) is 0 Å². The molecular weight excluding hydrogens is 478 g/mol. The number of thiocarbonyl (C=S) groups is 1. The molecule has 0 atom stereocenters. The van der Waals surface area contributed by atoms with Crippen LogP contribution in [0, 0.1) is 0 Å². The standard InChI is InChI=1S/C23H23N3O6S2/c1-30-18-7-3-17(4-8-18)26-34(28,29)21-13-5-16(6-14-21)24-23(33)25-22(27)15-32-20-11-9-19(31-2)10-12-20/h3-14,26H,15H2,1-2H3,(H2,24,25,27,33). The van der Waals surface area contributed by atoms with Gasteiger partial charge >= 0.3 is 0 Å². The van der Waals surface area contributed by atoms with Crippen molar-refractivity contribution >= 4 is 44.6 Å². The monoisotopic (exact) mass is 501 g/mol. The number of rotatable bonds is 9. The quantitative estimate of drug-likeness (QED) is 0.382. The molecule has 3 N–H and O–H groups in total. The van der Waals surface area contributed by atoms with Gasteiger partial charge in [-0.25, -0.2) is 8.42 Å². The van der Waals surface area contributed by atoms with Gasteiger partial charge in [-0.3, -0.25) is 14.8 Å². The first kappa shape index (κ1) is 24.8. The first-order valence-electron chi connectivity index (χ1n) is 9.94. The maximum Gasteiger partial charge on any atom is 0.264 e. The van der Waals surface area contributed by atoms with Crippen LogP contribution in [0.1, 0.15) is 0 Å². The molecule has 11 heteroatoms. The maximum absolute atomic E-state index is 12.6. The van der Waals surface area contributed by atoms with Crippen LogP contribution < -0.4 is 29.6 Å². The lowest BCUT2D eigenvalue weighted by atomic mass is 10.3. The van der Waals surface area contributed by atoms with E-state index in [-0.39, 0.29) is 16.6 Å². The minimum absolute atomic E-state index is 0.0512. The maximum atomic E-state index is 12.6. The van der Waals surface area contributed by atoms with E-state index in [0.29, 0.717) is 28.6 Å². The minimum atomic E-state index is -3.78. The first-order chi connectivity index (χ1) is 16.3. The molecule has 1 amide bonds. The molecule has 0 saturated carbocycles. The molecule has 0 aliphatic carbocycles. The molecule has 0 heterocycles. The number of carbonyl (C=O) groups excluding carboxylic acids is 1. The molecule has 0 aliphatic rings. The highest BCUT2D eigenvalue weighted by atomic mass is 32.2. The lowest BCUT2D eigenvalue weighted by Crippen LogP contribution is -2.37. The van der Waals surface area contributed by atoms with Crippen LogP contribution >= 0.6 is 12.2 Å². The molecule has 0 unspecified atom stereocenters. The average Bonchev–Trinajstić information content (AvgIpc) is 2.83. The Hall–Kier alpha value is -3.83. The van der Waals surface area contributed by atoms with E-state index in [9.17, 15) is 13.2 Å². The van der Waals surface area contributed by atoms with E-state index in [0.717, 1.165) is 0 Å². The molecule has 9 nitrogen and oxygen atoms in total.